The molecule has 204 valence electrons. The zero-order chi connectivity index (χ0) is 28.3. The van der Waals surface area contributed by atoms with Crippen LogP contribution in [0.5, 0.6) is 0 Å². The molecule has 35 heavy (non-hydrogen) atoms. The summed E-state index contributed by atoms with van der Waals surface area (Å²) in [6.45, 7) is 3.19. The number of alkyl halides is 15. The van der Waals surface area contributed by atoms with E-state index in [1.54, 1.807) is 0 Å². The van der Waals surface area contributed by atoms with Crippen LogP contribution in [0, 0.1) is 0 Å². The second-order valence-corrected chi connectivity index (χ2v) is 8.27. The molecule has 0 fully saturated rings. The molecule has 0 radical (unpaired) electrons. The molecule has 1 N–H and O–H groups in total. The third-order valence-electron chi connectivity index (χ3n) is 5.12. The van der Waals surface area contributed by atoms with Gasteiger partial charge in [0.1, 0.15) is 0 Å². The highest BCUT2D eigenvalue weighted by molar-refractivity contribution is 5.34. The monoisotopic (exact) mass is 546 g/mol. The number of benzene rings is 1. The molecule has 16 heteroatoms. The first-order valence-electron chi connectivity index (χ1n) is 9.29. The predicted molar refractivity (Wildman–Crippen MR) is 90.5 cm³/mol. The Kier molecular flexibility index (Phi) is 7.67. The fraction of sp³-hybridized carbons (Fsp3) is 0.684. The quantitative estimate of drug-likeness (QED) is 0.314. The van der Waals surface area contributed by atoms with Crippen molar-refractivity contribution in [3.63, 3.8) is 0 Å². The molecule has 0 aliphatic carbocycles. The van der Waals surface area contributed by atoms with Crippen molar-refractivity contribution in [1.29, 1.82) is 0 Å². The summed E-state index contributed by atoms with van der Waals surface area (Å²) in [4.78, 5) is 0. The van der Waals surface area contributed by atoms with E-state index in [9.17, 15) is 71.0 Å². The standard InChI is InChI=1S/C19H17F15O/c1-9(2)10-6-4-5-7-11(10)12(3,35)8-13(20,21)14(22,23)15(24,25)16(26,27)17(28,29)18(30,31)19(32,33)34/h4-7,9,35H,8H2,1-3H3. The summed E-state index contributed by atoms with van der Waals surface area (Å²) in [6.07, 6.45) is -10.5. The minimum absolute atomic E-state index is 0.00920. The molecule has 0 saturated carbocycles. The van der Waals surface area contributed by atoms with Gasteiger partial charge in [0.25, 0.3) is 0 Å². The summed E-state index contributed by atoms with van der Waals surface area (Å²) in [5.74, 6) is -47.7. The van der Waals surface area contributed by atoms with Crippen LogP contribution in [0.25, 0.3) is 0 Å². The minimum Gasteiger partial charge on any atom is -0.385 e. The van der Waals surface area contributed by atoms with Crippen molar-refractivity contribution in [2.24, 2.45) is 0 Å². The van der Waals surface area contributed by atoms with Crippen LogP contribution in [0.15, 0.2) is 24.3 Å². The third kappa shape index (κ3) is 4.66. The van der Waals surface area contributed by atoms with Crippen LogP contribution in [0.3, 0.4) is 0 Å². The Hall–Kier alpha value is -1.87. The average molecular weight is 546 g/mol. The zero-order valence-electron chi connectivity index (χ0n) is 17.7. The number of rotatable bonds is 9. The average Bonchev–Trinajstić information content (AvgIpc) is 2.65. The van der Waals surface area contributed by atoms with E-state index in [2.05, 4.69) is 0 Å². The van der Waals surface area contributed by atoms with Crippen molar-refractivity contribution in [3.8, 4) is 0 Å². The summed E-state index contributed by atoms with van der Waals surface area (Å²) in [6, 6.07) is 4.43. The van der Waals surface area contributed by atoms with Gasteiger partial charge in [-0.2, -0.15) is 65.9 Å². The van der Waals surface area contributed by atoms with Crippen molar-refractivity contribution in [3.05, 3.63) is 35.4 Å². The maximum Gasteiger partial charge on any atom is 0.460 e. The van der Waals surface area contributed by atoms with Gasteiger partial charge >= 0.3 is 41.7 Å². The van der Waals surface area contributed by atoms with Gasteiger partial charge in [-0.05, 0) is 24.0 Å². The zero-order valence-corrected chi connectivity index (χ0v) is 17.7. The molecular formula is C19H17F15O. The SMILES string of the molecule is CC(C)c1ccccc1C(C)(O)CC(F)(F)C(F)(F)C(F)(F)C(F)(F)C(F)(F)C(F)(F)C(F)(F)F. The Morgan fingerprint density at radius 1 is 0.629 bits per heavy atom. The molecule has 0 aromatic heterocycles. The molecule has 1 unspecified atom stereocenters. The van der Waals surface area contributed by atoms with E-state index in [1.165, 1.54) is 26.0 Å². The summed E-state index contributed by atoms with van der Waals surface area (Å²) < 4.78 is 200. The fourth-order valence-corrected chi connectivity index (χ4v) is 3.13. The maximum absolute atomic E-state index is 14.3. The third-order valence-corrected chi connectivity index (χ3v) is 5.12. The molecular weight excluding hydrogens is 529 g/mol. The lowest BCUT2D eigenvalue weighted by Crippen LogP contribution is -2.72. The Bertz CT molecular complexity index is 900. The van der Waals surface area contributed by atoms with E-state index >= 15 is 0 Å². The highest BCUT2D eigenvalue weighted by Gasteiger charge is 2.93. The van der Waals surface area contributed by atoms with Crippen LogP contribution in [0.2, 0.25) is 0 Å². The number of halogens is 15. The van der Waals surface area contributed by atoms with Gasteiger partial charge in [-0.3, -0.25) is 0 Å². The van der Waals surface area contributed by atoms with Crippen LogP contribution in [0.1, 0.15) is 44.2 Å². The maximum atomic E-state index is 14.3. The van der Waals surface area contributed by atoms with Gasteiger partial charge in [0.2, 0.25) is 0 Å². The Morgan fingerprint density at radius 3 is 1.40 bits per heavy atom. The fourth-order valence-electron chi connectivity index (χ4n) is 3.13. The molecule has 1 nitrogen and oxygen atoms in total. The van der Waals surface area contributed by atoms with Gasteiger partial charge in [0.15, 0.2) is 0 Å². The van der Waals surface area contributed by atoms with E-state index in [1.807, 2.05) is 0 Å². The van der Waals surface area contributed by atoms with Crippen LogP contribution >= 0.6 is 0 Å². The van der Waals surface area contributed by atoms with Crippen LogP contribution < -0.4 is 0 Å². The lowest BCUT2D eigenvalue weighted by molar-refractivity contribution is -0.453. The molecule has 0 amide bonds. The topological polar surface area (TPSA) is 20.2 Å². The Labute approximate surface area is 187 Å². The van der Waals surface area contributed by atoms with Crippen molar-refractivity contribution < 1.29 is 71.0 Å². The molecule has 0 spiro atoms. The molecule has 0 aliphatic rings. The summed E-state index contributed by atoms with van der Waals surface area (Å²) >= 11 is 0. The molecule has 0 aliphatic heterocycles. The predicted octanol–water partition coefficient (Wildman–Crippen LogP) is 7.78. The second-order valence-electron chi connectivity index (χ2n) is 8.27. The van der Waals surface area contributed by atoms with E-state index in [-0.39, 0.29) is 5.56 Å². The molecule has 0 heterocycles. The first-order chi connectivity index (χ1) is 15.1. The minimum atomic E-state index is -8.35. The number of hydrogen-bond donors (Lipinski definition) is 1. The highest BCUT2D eigenvalue weighted by atomic mass is 19.4. The van der Waals surface area contributed by atoms with Gasteiger partial charge in [-0.1, -0.05) is 38.1 Å². The first-order valence-corrected chi connectivity index (χ1v) is 9.29. The van der Waals surface area contributed by atoms with Crippen molar-refractivity contribution in [2.45, 2.75) is 80.4 Å². The Balaban J connectivity index is 3.60. The van der Waals surface area contributed by atoms with Gasteiger partial charge in [0.05, 0.1) is 12.0 Å². The van der Waals surface area contributed by atoms with Crippen LogP contribution in [-0.2, 0) is 5.60 Å². The van der Waals surface area contributed by atoms with E-state index in [0.29, 0.717) is 6.92 Å². The molecule has 1 rings (SSSR count). The molecule has 1 atom stereocenters. The Morgan fingerprint density at radius 2 is 1.00 bits per heavy atom. The van der Waals surface area contributed by atoms with Gasteiger partial charge in [0, 0.05) is 0 Å². The largest absolute Gasteiger partial charge is 0.460 e. The van der Waals surface area contributed by atoms with Crippen LogP contribution in [0.4, 0.5) is 65.9 Å². The van der Waals surface area contributed by atoms with Crippen molar-refractivity contribution >= 4 is 0 Å². The normalized spacial score (nSPS) is 17.0. The summed E-state index contributed by atoms with van der Waals surface area (Å²) in [7, 11) is 0. The first kappa shape index (κ1) is 31.2. The van der Waals surface area contributed by atoms with E-state index in [0.717, 1.165) is 12.1 Å². The van der Waals surface area contributed by atoms with Crippen molar-refractivity contribution in [2.75, 3.05) is 0 Å². The lowest BCUT2D eigenvalue weighted by atomic mass is 9.80. The van der Waals surface area contributed by atoms with Gasteiger partial charge in [-0.25, -0.2) is 0 Å². The van der Waals surface area contributed by atoms with E-state index in [4.69, 9.17) is 0 Å². The molecule has 0 saturated heterocycles. The molecule has 0 bridgehead atoms. The highest BCUT2D eigenvalue weighted by Crippen LogP contribution is 2.63. The lowest BCUT2D eigenvalue weighted by Gasteiger charge is -2.42. The van der Waals surface area contributed by atoms with Gasteiger partial charge in [-0.15, -0.1) is 0 Å². The number of hydrogen-bond acceptors (Lipinski definition) is 1. The molecule has 1 aromatic carbocycles. The smallest absolute Gasteiger partial charge is 0.385 e. The van der Waals surface area contributed by atoms with E-state index < -0.39 is 65.2 Å². The number of aliphatic hydroxyl groups is 1. The summed E-state index contributed by atoms with van der Waals surface area (Å²) in [5, 5.41) is 10.3. The van der Waals surface area contributed by atoms with Crippen molar-refractivity contribution in [1.82, 2.24) is 0 Å². The van der Waals surface area contributed by atoms with Crippen LogP contribution in [-0.4, -0.2) is 46.8 Å². The van der Waals surface area contributed by atoms with Gasteiger partial charge < -0.3 is 5.11 Å². The summed E-state index contributed by atoms with van der Waals surface area (Å²) in [5.41, 5.74) is -3.82. The second kappa shape index (κ2) is 8.61. The molecule has 1 aromatic rings.